The summed E-state index contributed by atoms with van der Waals surface area (Å²) in [6, 6.07) is 4.51. The van der Waals surface area contributed by atoms with E-state index in [1.807, 2.05) is 13.8 Å². The van der Waals surface area contributed by atoms with Crippen LogP contribution in [0.3, 0.4) is 0 Å². The summed E-state index contributed by atoms with van der Waals surface area (Å²) in [5.74, 6) is 2.85. The van der Waals surface area contributed by atoms with Gasteiger partial charge in [0.05, 0.1) is 5.71 Å². The summed E-state index contributed by atoms with van der Waals surface area (Å²) in [5.41, 5.74) is 0.466. The van der Waals surface area contributed by atoms with Crippen LogP contribution in [0.2, 0.25) is 0 Å². The summed E-state index contributed by atoms with van der Waals surface area (Å²) >= 11 is 0. The van der Waals surface area contributed by atoms with Crippen molar-refractivity contribution in [3.63, 3.8) is 0 Å². The number of aliphatic imine (C=N–C) groups is 1. The highest BCUT2D eigenvalue weighted by molar-refractivity contribution is 6.14. The molecule has 4 heteroatoms. The number of ether oxygens (including phenoxy) is 1. The summed E-state index contributed by atoms with van der Waals surface area (Å²) < 4.78 is 19.7. The Morgan fingerprint density at radius 1 is 1.15 bits per heavy atom. The number of nitrogens with zero attached hydrogens (tertiary/aromatic N) is 1. The second-order valence-corrected chi connectivity index (χ2v) is 9.55. The molecule has 1 heterocycles. The average molecular weight is 355 g/mol. The molecule has 1 aliphatic heterocycles. The van der Waals surface area contributed by atoms with E-state index in [-0.39, 0.29) is 11.2 Å². The van der Waals surface area contributed by atoms with Crippen LogP contribution >= 0.6 is 0 Å². The molecule has 4 aliphatic carbocycles. The van der Waals surface area contributed by atoms with E-state index in [1.165, 1.54) is 31.4 Å². The van der Waals surface area contributed by atoms with Gasteiger partial charge in [-0.1, -0.05) is 0 Å². The molecule has 4 bridgehead atoms. The summed E-state index contributed by atoms with van der Waals surface area (Å²) in [5, 5.41) is 0. The number of hydrogen-bond acceptors (Lipinski definition) is 3. The van der Waals surface area contributed by atoms with E-state index in [4.69, 9.17) is 4.74 Å². The van der Waals surface area contributed by atoms with Crippen molar-refractivity contribution >= 4 is 11.5 Å². The lowest BCUT2D eigenvalue weighted by molar-refractivity contribution is -0.142. The predicted molar refractivity (Wildman–Crippen MR) is 97.9 cm³/mol. The Balaban J connectivity index is 1.46. The molecule has 138 valence electrons. The number of benzene rings is 1. The fraction of sp³-hybridized carbons (Fsp3) is 0.636. The molecule has 4 saturated carbocycles. The van der Waals surface area contributed by atoms with Crippen LogP contribution in [0.15, 0.2) is 23.2 Å². The van der Waals surface area contributed by atoms with E-state index in [1.54, 1.807) is 6.07 Å². The van der Waals surface area contributed by atoms with Gasteiger partial charge in [0.2, 0.25) is 0 Å². The SMILES string of the molecule is CC1(C)N=C(CC(=O)C23CC4CC(CC(C4)C2)C3)c2cc(F)ccc2O1. The minimum Gasteiger partial charge on any atom is -0.466 e. The topological polar surface area (TPSA) is 38.7 Å². The summed E-state index contributed by atoms with van der Waals surface area (Å²) in [6.07, 6.45) is 7.44. The molecule has 0 aromatic heterocycles. The van der Waals surface area contributed by atoms with Gasteiger partial charge in [0, 0.05) is 17.4 Å². The first-order chi connectivity index (χ1) is 12.3. The van der Waals surface area contributed by atoms with Crippen molar-refractivity contribution in [3.05, 3.63) is 29.6 Å². The molecule has 0 N–H and O–H groups in total. The number of rotatable bonds is 3. The van der Waals surface area contributed by atoms with Gasteiger partial charge in [-0.3, -0.25) is 4.79 Å². The van der Waals surface area contributed by atoms with Gasteiger partial charge < -0.3 is 4.74 Å². The lowest BCUT2D eigenvalue weighted by atomic mass is 9.48. The first-order valence-electron chi connectivity index (χ1n) is 9.93. The highest BCUT2D eigenvalue weighted by Gasteiger charge is 2.54. The van der Waals surface area contributed by atoms with Crippen LogP contribution in [0.25, 0.3) is 0 Å². The number of halogens is 1. The first-order valence-corrected chi connectivity index (χ1v) is 9.93. The molecule has 0 saturated heterocycles. The Morgan fingerprint density at radius 3 is 2.38 bits per heavy atom. The largest absolute Gasteiger partial charge is 0.466 e. The molecule has 6 rings (SSSR count). The van der Waals surface area contributed by atoms with Crippen molar-refractivity contribution in [2.75, 3.05) is 0 Å². The zero-order valence-electron chi connectivity index (χ0n) is 15.6. The molecule has 0 amide bonds. The quantitative estimate of drug-likeness (QED) is 0.772. The molecular formula is C22H26FNO2. The van der Waals surface area contributed by atoms with Gasteiger partial charge in [-0.05, 0) is 88.3 Å². The van der Waals surface area contributed by atoms with Gasteiger partial charge in [-0.2, -0.15) is 0 Å². The molecule has 1 aromatic carbocycles. The van der Waals surface area contributed by atoms with Crippen LogP contribution in [-0.4, -0.2) is 17.2 Å². The van der Waals surface area contributed by atoms with E-state index < -0.39 is 5.72 Å². The normalized spacial score (nSPS) is 36.3. The van der Waals surface area contributed by atoms with Crippen LogP contribution in [-0.2, 0) is 4.79 Å². The number of carbonyl (C=O) groups is 1. The standard InChI is InChI=1S/C22H26FNO2/c1-21(2)24-18(17-8-16(23)3-4-19(17)26-21)9-20(25)22-10-13-5-14(11-22)7-15(6-13)12-22/h3-4,8,13-15H,5-7,9-12H2,1-2H3. The summed E-state index contributed by atoms with van der Waals surface area (Å²) in [6.45, 7) is 3.77. The Hall–Kier alpha value is -1.71. The van der Waals surface area contributed by atoms with Crippen LogP contribution in [0, 0.1) is 29.0 Å². The van der Waals surface area contributed by atoms with Crippen molar-refractivity contribution in [1.29, 1.82) is 0 Å². The van der Waals surface area contributed by atoms with Crippen molar-refractivity contribution in [2.45, 2.75) is 64.5 Å². The Bertz CT molecular complexity index is 775. The zero-order chi connectivity index (χ0) is 18.1. The fourth-order valence-corrected chi connectivity index (χ4v) is 6.42. The fourth-order valence-electron chi connectivity index (χ4n) is 6.42. The maximum atomic E-state index is 13.8. The smallest absolute Gasteiger partial charge is 0.194 e. The minimum atomic E-state index is -0.720. The Labute approximate surface area is 154 Å². The van der Waals surface area contributed by atoms with Crippen LogP contribution in [0.4, 0.5) is 4.39 Å². The maximum absolute atomic E-state index is 13.8. The highest BCUT2D eigenvalue weighted by atomic mass is 19.1. The van der Waals surface area contributed by atoms with Crippen molar-refractivity contribution in [1.82, 2.24) is 0 Å². The van der Waals surface area contributed by atoms with Crippen molar-refractivity contribution in [3.8, 4) is 5.75 Å². The number of fused-ring (bicyclic) bond motifs is 1. The molecule has 26 heavy (non-hydrogen) atoms. The maximum Gasteiger partial charge on any atom is 0.194 e. The van der Waals surface area contributed by atoms with Crippen molar-refractivity contribution in [2.24, 2.45) is 28.2 Å². The van der Waals surface area contributed by atoms with E-state index in [9.17, 15) is 9.18 Å². The minimum absolute atomic E-state index is 0.146. The van der Waals surface area contributed by atoms with E-state index in [2.05, 4.69) is 4.99 Å². The van der Waals surface area contributed by atoms with Gasteiger partial charge >= 0.3 is 0 Å². The Kier molecular flexibility index (Phi) is 3.42. The van der Waals surface area contributed by atoms with E-state index in [0.29, 0.717) is 29.2 Å². The Morgan fingerprint density at radius 2 is 1.77 bits per heavy atom. The molecule has 0 spiro atoms. The number of ketones is 1. The molecule has 5 aliphatic rings. The summed E-state index contributed by atoms with van der Waals surface area (Å²) in [4.78, 5) is 18.1. The van der Waals surface area contributed by atoms with Gasteiger partial charge in [-0.25, -0.2) is 9.38 Å². The van der Waals surface area contributed by atoms with Crippen molar-refractivity contribution < 1.29 is 13.9 Å². The monoisotopic (exact) mass is 355 g/mol. The van der Waals surface area contributed by atoms with Crippen LogP contribution < -0.4 is 4.74 Å². The second kappa shape index (κ2) is 5.40. The van der Waals surface area contributed by atoms with Gasteiger partial charge in [-0.15, -0.1) is 0 Å². The predicted octanol–water partition coefficient (Wildman–Crippen LogP) is 4.92. The number of Topliss-reactive ketones (excluding diaryl/α,β-unsaturated/α-hetero) is 1. The van der Waals surface area contributed by atoms with Crippen LogP contribution in [0.1, 0.15) is 64.4 Å². The van der Waals surface area contributed by atoms with Crippen LogP contribution in [0.5, 0.6) is 5.75 Å². The van der Waals surface area contributed by atoms with Gasteiger partial charge in [0.1, 0.15) is 17.3 Å². The molecule has 0 radical (unpaired) electrons. The highest BCUT2D eigenvalue weighted by Crippen LogP contribution is 2.60. The summed E-state index contributed by atoms with van der Waals surface area (Å²) in [7, 11) is 0. The molecule has 0 atom stereocenters. The molecular weight excluding hydrogens is 329 g/mol. The zero-order valence-corrected chi connectivity index (χ0v) is 15.6. The second-order valence-electron chi connectivity index (χ2n) is 9.55. The third-order valence-corrected chi connectivity index (χ3v) is 6.97. The van der Waals surface area contributed by atoms with Gasteiger partial charge in [0.15, 0.2) is 5.72 Å². The molecule has 4 fully saturated rings. The van der Waals surface area contributed by atoms with E-state index in [0.717, 1.165) is 37.0 Å². The van der Waals surface area contributed by atoms with E-state index >= 15 is 0 Å². The number of hydrogen-bond donors (Lipinski definition) is 0. The molecule has 0 unspecified atom stereocenters. The lowest BCUT2D eigenvalue weighted by Gasteiger charge is -2.56. The van der Waals surface area contributed by atoms with Gasteiger partial charge in [0.25, 0.3) is 0 Å². The lowest BCUT2D eigenvalue weighted by Crippen LogP contribution is -2.50. The first kappa shape index (κ1) is 16.5. The molecule has 1 aromatic rings. The third-order valence-electron chi connectivity index (χ3n) is 6.97. The third kappa shape index (κ3) is 2.60. The number of carbonyl (C=O) groups excluding carboxylic acids is 1. The average Bonchev–Trinajstić information content (AvgIpc) is 2.53. The molecule has 3 nitrogen and oxygen atoms in total.